The Morgan fingerprint density at radius 2 is 2.06 bits per heavy atom. The van der Waals surface area contributed by atoms with Gasteiger partial charge in [-0.3, -0.25) is 19.2 Å². The number of aryl methyl sites for hydroxylation is 1. The minimum Gasteiger partial charge on any atom is -0.455 e. The summed E-state index contributed by atoms with van der Waals surface area (Å²) in [5.41, 5.74) is 1.00. The molecule has 1 saturated heterocycles. The maximum absolute atomic E-state index is 14.2. The van der Waals surface area contributed by atoms with E-state index in [1.165, 1.54) is 11.6 Å². The molecule has 0 spiro atoms. The summed E-state index contributed by atoms with van der Waals surface area (Å²) in [6, 6.07) is 9.08. The minimum atomic E-state index is -1.93. The van der Waals surface area contributed by atoms with Crippen LogP contribution in [0.15, 0.2) is 42.7 Å². The second-order valence-corrected chi connectivity index (χ2v) is 11.2. The third-order valence-corrected chi connectivity index (χ3v) is 6.86. The number of anilines is 1. The van der Waals surface area contributed by atoms with Gasteiger partial charge in [0.1, 0.15) is 5.75 Å². The quantitative estimate of drug-likeness (QED) is 0.458. The van der Waals surface area contributed by atoms with Crippen molar-refractivity contribution in [2.75, 3.05) is 11.2 Å². The SMILES string of the molecule is CC[C@H]1C(=O)NC[C@@H]1C(=O)N(P)c1cc(-c2cc(C)cc(OC(C)(F)P)c2)n(-c2cncc(P)c2)n1. The van der Waals surface area contributed by atoms with Gasteiger partial charge in [-0.2, -0.15) is 4.39 Å². The van der Waals surface area contributed by atoms with Gasteiger partial charge in [0, 0.05) is 31.3 Å². The van der Waals surface area contributed by atoms with E-state index in [1.54, 1.807) is 35.3 Å². The lowest BCUT2D eigenvalue weighted by Gasteiger charge is -2.20. The van der Waals surface area contributed by atoms with Gasteiger partial charge in [-0.15, -0.1) is 14.3 Å². The number of hydrogen-bond donors (Lipinski definition) is 1. The molecule has 3 heterocycles. The first kappa shape index (κ1) is 26.6. The lowest BCUT2D eigenvalue weighted by atomic mass is 9.92. The molecule has 1 aliphatic rings. The number of nitrogens with one attached hydrogen (secondary N) is 1. The molecule has 4 rings (SSSR count). The highest BCUT2D eigenvalue weighted by molar-refractivity contribution is 7.27. The Morgan fingerprint density at radius 3 is 2.72 bits per heavy atom. The number of rotatable bonds is 7. The van der Waals surface area contributed by atoms with Gasteiger partial charge in [-0.05, 0) is 57.9 Å². The monoisotopic (exact) mass is 547 g/mol. The highest BCUT2D eigenvalue weighted by Gasteiger charge is 2.40. The van der Waals surface area contributed by atoms with Crippen LogP contribution >= 0.6 is 27.9 Å². The van der Waals surface area contributed by atoms with Gasteiger partial charge < -0.3 is 10.1 Å². The number of pyridine rings is 1. The van der Waals surface area contributed by atoms with Crippen molar-refractivity contribution in [3.05, 3.63) is 48.3 Å². The average Bonchev–Trinajstić information content (AvgIpc) is 3.40. The fourth-order valence-electron chi connectivity index (χ4n) is 4.32. The molecule has 1 fully saturated rings. The van der Waals surface area contributed by atoms with E-state index in [0.717, 1.165) is 16.4 Å². The van der Waals surface area contributed by atoms with E-state index in [2.05, 4.69) is 28.9 Å². The van der Waals surface area contributed by atoms with Crippen molar-refractivity contribution < 1.29 is 18.7 Å². The van der Waals surface area contributed by atoms with Crippen LogP contribution in [0.5, 0.6) is 5.75 Å². The van der Waals surface area contributed by atoms with Crippen LogP contribution in [-0.4, -0.2) is 38.7 Å². The number of halogens is 1. The number of carbonyl (C=O) groups is 2. The molecule has 1 aliphatic heterocycles. The number of ether oxygens (including phenoxy) is 1. The lowest BCUT2D eigenvalue weighted by molar-refractivity contribution is -0.127. The number of hydrogen-bond acceptors (Lipinski definition) is 5. The summed E-state index contributed by atoms with van der Waals surface area (Å²) in [5.74, 6) is -0.438. The molecule has 0 aliphatic carbocycles. The minimum absolute atomic E-state index is 0.106. The van der Waals surface area contributed by atoms with E-state index in [9.17, 15) is 14.0 Å². The third-order valence-electron chi connectivity index (χ3n) is 5.91. The van der Waals surface area contributed by atoms with E-state index in [0.29, 0.717) is 35.9 Å². The molecule has 0 saturated carbocycles. The van der Waals surface area contributed by atoms with Crippen LogP contribution < -0.4 is 20.0 Å². The molecule has 1 aromatic carbocycles. The summed E-state index contributed by atoms with van der Waals surface area (Å²) in [7, 11) is 7.05. The van der Waals surface area contributed by atoms with Crippen molar-refractivity contribution in [1.82, 2.24) is 20.1 Å². The highest BCUT2D eigenvalue weighted by Crippen LogP contribution is 2.35. The highest BCUT2D eigenvalue weighted by atomic mass is 31.0. The summed E-state index contributed by atoms with van der Waals surface area (Å²) >= 11 is 0. The zero-order chi connectivity index (χ0) is 26.2. The maximum atomic E-state index is 14.2. The summed E-state index contributed by atoms with van der Waals surface area (Å²) < 4.78 is 22.7. The predicted molar refractivity (Wildman–Crippen MR) is 148 cm³/mol. The third kappa shape index (κ3) is 5.75. The molecule has 190 valence electrons. The second-order valence-electron chi connectivity index (χ2n) is 8.97. The molecule has 2 amide bonds. The standard InChI is InChI=1S/C24H29FN5O3P3/c1-4-18-19(12-27-22(18)31)23(32)30(36)21-9-20(29(28-21)15-8-17(34)11-26-10-15)14-5-13(2)6-16(7-14)33-24(3,25)35/h5-11,18-19H,4,12,34-36H2,1-3H3,(H,27,31)/t18-,19+,24?/m1/s1. The second kappa shape index (κ2) is 10.5. The average molecular weight is 547 g/mol. The predicted octanol–water partition coefficient (Wildman–Crippen LogP) is 3.54. The first-order chi connectivity index (χ1) is 17.0. The Morgan fingerprint density at radius 1 is 1.31 bits per heavy atom. The maximum Gasteiger partial charge on any atom is 0.256 e. The van der Waals surface area contributed by atoms with Crippen LogP contribution in [0.25, 0.3) is 16.9 Å². The van der Waals surface area contributed by atoms with Gasteiger partial charge in [0.25, 0.3) is 5.60 Å². The van der Waals surface area contributed by atoms with Gasteiger partial charge >= 0.3 is 0 Å². The molecule has 1 N–H and O–H groups in total. The van der Waals surface area contributed by atoms with Crippen molar-refractivity contribution in [2.45, 2.75) is 32.8 Å². The van der Waals surface area contributed by atoms with Crippen LogP contribution in [0.3, 0.4) is 0 Å². The Balaban J connectivity index is 1.79. The topological polar surface area (TPSA) is 89.4 Å². The Hall–Kier alpha value is -2.46. The van der Waals surface area contributed by atoms with Gasteiger partial charge in [0.15, 0.2) is 5.82 Å². The van der Waals surface area contributed by atoms with Gasteiger partial charge in [0.2, 0.25) is 11.8 Å². The lowest BCUT2D eigenvalue weighted by Crippen LogP contribution is -2.33. The molecule has 4 unspecified atom stereocenters. The molecule has 12 heteroatoms. The number of benzene rings is 1. The van der Waals surface area contributed by atoms with Crippen molar-refractivity contribution in [1.29, 1.82) is 0 Å². The molecular weight excluding hydrogens is 518 g/mol. The van der Waals surface area contributed by atoms with E-state index >= 15 is 0 Å². The van der Waals surface area contributed by atoms with Crippen molar-refractivity contribution in [3.8, 4) is 22.7 Å². The van der Waals surface area contributed by atoms with Gasteiger partial charge in [0.05, 0.1) is 29.4 Å². The summed E-state index contributed by atoms with van der Waals surface area (Å²) in [5, 5.41) is 8.37. The van der Waals surface area contributed by atoms with E-state index in [-0.39, 0.29) is 17.7 Å². The van der Waals surface area contributed by atoms with E-state index in [1.807, 2.05) is 35.2 Å². The van der Waals surface area contributed by atoms with Crippen LogP contribution in [0, 0.1) is 18.8 Å². The molecule has 0 radical (unpaired) electrons. The van der Waals surface area contributed by atoms with Crippen LogP contribution in [0.1, 0.15) is 25.8 Å². The summed E-state index contributed by atoms with van der Waals surface area (Å²) in [4.78, 5) is 29.8. The summed E-state index contributed by atoms with van der Waals surface area (Å²) in [6.07, 6.45) is 3.95. The normalized spacial score (nSPS) is 19.0. The largest absolute Gasteiger partial charge is 0.455 e. The number of aromatic nitrogens is 3. The molecule has 8 nitrogen and oxygen atoms in total. The Bertz CT molecular complexity index is 1310. The molecule has 6 atom stereocenters. The molecule has 2 aromatic heterocycles. The van der Waals surface area contributed by atoms with Crippen LogP contribution in [-0.2, 0) is 9.59 Å². The number of carbonyl (C=O) groups excluding carboxylic acids is 2. The number of amides is 2. The summed E-state index contributed by atoms with van der Waals surface area (Å²) in [6.45, 7) is 5.39. The molecule has 3 aromatic rings. The van der Waals surface area contributed by atoms with E-state index < -0.39 is 11.5 Å². The smallest absolute Gasteiger partial charge is 0.256 e. The van der Waals surface area contributed by atoms with Crippen molar-refractivity contribution >= 4 is 50.8 Å². The zero-order valence-electron chi connectivity index (χ0n) is 20.2. The Labute approximate surface area is 216 Å². The fourth-order valence-corrected chi connectivity index (χ4v) is 5.03. The first-order valence-electron chi connectivity index (χ1n) is 11.4. The van der Waals surface area contributed by atoms with Crippen LogP contribution in [0.4, 0.5) is 10.2 Å². The van der Waals surface area contributed by atoms with Gasteiger partial charge in [-0.1, -0.05) is 16.2 Å². The molecule has 36 heavy (non-hydrogen) atoms. The van der Waals surface area contributed by atoms with Gasteiger partial charge in [-0.25, -0.2) is 4.68 Å². The van der Waals surface area contributed by atoms with E-state index in [4.69, 9.17) is 9.84 Å². The Kier molecular flexibility index (Phi) is 7.75. The number of nitrogens with zero attached hydrogens (tertiary/aromatic N) is 4. The first-order valence-corrected chi connectivity index (χ1v) is 13.1. The fraction of sp³-hybridized carbons (Fsp3) is 0.333. The van der Waals surface area contributed by atoms with Crippen molar-refractivity contribution in [3.63, 3.8) is 0 Å². The molecular formula is C24H29FN5O3P3. The number of alkyl halides is 1. The molecule has 0 bridgehead atoms. The van der Waals surface area contributed by atoms with Crippen molar-refractivity contribution in [2.24, 2.45) is 11.8 Å². The van der Waals surface area contributed by atoms with Crippen LogP contribution in [0.2, 0.25) is 0 Å². The zero-order valence-corrected chi connectivity index (χ0v) is 23.7.